The third kappa shape index (κ3) is 5.46. The second kappa shape index (κ2) is 14.3. The molecule has 2 heterocycles. The summed E-state index contributed by atoms with van der Waals surface area (Å²) in [5.41, 5.74) is 16.2. The number of hydrogen-bond acceptors (Lipinski definition) is 4. The summed E-state index contributed by atoms with van der Waals surface area (Å²) in [5.74, 6) is 0.563. The van der Waals surface area contributed by atoms with Gasteiger partial charge < -0.3 is 13.7 Å². The molecule has 4 nitrogen and oxygen atoms in total. The van der Waals surface area contributed by atoms with Gasteiger partial charge in [-0.3, -0.25) is 0 Å². The molecule has 4 heteroatoms. The monoisotopic (exact) mass is 818 g/mol. The van der Waals surface area contributed by atoms with Gasteiger partial charge in [0.15, 0.2) is 11.2 Å². The molecule has 13 rings (SSSR count). The Morgan fingerprint density at radius 2 is 1.03 bits per heavy atom. The van der Waals surface area contributed by atoms with Gasteiger partial charge in [0.2, 0.25) is 5.89 Å². The molecular formula is C60H38N2O2. The Morgan fingerprint density at radius 3 is 1.81 bits per heavy atom. The molecular weight excluding hydrogens is 781 g/mol. The third-order valence-corrected chi connectivity index (χ3v) is 13.2. The number of anilines is 3. The summed E-state index contributed by atoms with van der Waals surface area (Å²) in [7, 11) is 0. The summed E-state index contributed by atoms with van der Waals surface area (Å²) in [6.07, 6.45) is 0. The van der Waals surface area contributed by atoms with Gasteiger partial charge in [-0.1, -0.05) is 170 Å². The van der Waals surface area contributed by atoms with Crippen LogP contribution in [0.1, 0.15) is 22.3 Å². The lowest BCUT2D eigenvalue weighted by Crippen LogP contribution is -2.28. The zero-order chi connectivity index (χ0) is 42.2. The number of rotatable bonds is 7. The number of furan rings is 1. The topological polar surface area (TPSA) is 42.4 Å². The fourth-order valence-corrected chi connectivity index (χ4v) is 10.3. The molecule has 10 aromatic carbocycles. The van der Waals surface area contributed by atoms with E-state index in [1.54, 1.807) is 0 Å². The first-order valence-corrected chi connectivity index (χ1v) is 21.8. The fourth-order valence-electron chi connectivity index (χ4n) is 10.3. The molecule has 12 aromatic rings. The Labute approximate surface area is 369 Å². The SMILES string of the molecule is c1ccc(-c2ccc(N(c3ccc4c(c3)C(c3ccccc3)(c3ccccc3)c3ccccc3-4)c3cc4ccccc4c4c3oc3cc(-c5nc6ccccc6o5)ccc34)cc2)cc1. The van der Waals surface area contributed by atoms with Gasteiger partial charge in [0, 0.05) is 27.7 Å². The van der Waals surface area contributed by atoms with Crippen LogP contribution in [0.3, 0.4) is 0 Å². The van der Waals surface area contributed by atoms with E-state index in [4.69, 9.17) is 13.8 Å². The molecule has 2 aromatic heterocycles. The van der Waals surface area contributed by atoms with E-state index in [-0.39, 0.29) is 0 Å². The maximum absolute atomic E-state index is 7.16. The van der Waals surface area contributed by atoms with Crippen molar-refractivity contribution in [3.8, 4) is 33.7 Å². The van der Waals surface area contributed by atoms with E-state index in [0.29, 0.717) is 5.89 Å². The van der Waals surface area contributed by atoms with Gasteiger partial charge in [-0.05, 0) is 116 Å². The van der Waals surface area contributed by atoms with E-state index >= 15 is 0 Å². The molecule has 0 unspecified atom stereocenters. The smallest absolute Gasteiger partial charge is 0.227 e. The molecule has 0 fully saturated rings. The number of aromatic nitrogens is 1. The van der Waals surface area contributed by atoms with Crippen LogP contribution in [-0.4, -0.2) is 4.98 Å². The van der Waals surface area contributed by atoms with Gasteiger partial charge in [-0.25, -0.2) is 4.98 Å². The van der Waals surface area contributed by atoms with Gasteiger partial charge in [-0.2, -0.15) is 0 Å². The van der Waals surface area contributed by atoms with Gasteiger partial charge in [0.1, 0.15) is 11.1 Å². The van der Waals surface area contributed by atoms with Crippen molar-refractivity contribution in [2.45, 2.75) is 5.41 Å². The minimum atomic E-state index is -0.563. The fraction of sp³-hybridized carbons (Fsp3) is 0.0167. The molecule has 0 bridgehead atoms. The van der Waals surface area contributed by atoms with Crippen molar-refractivity contribution in [1.29, 1.82) is 0 Å². The van der Waals surface area contributed by atoms with Gasteiger partial charge in [-0.15, -0.1) is 0 Å². The number of nitrogens with zero attached hydrogens (tertiary/aromatic N) is 2. The van der Waals surface area contributed by atoms with Crippen LogP contribution >= 0.6 is 0 Å². The van der Waals surface area contributed by atoms with Crippen molar-refractivity contribution in [3.63, 3.8) is 0 Å². The van der Waals surface area contributed by atoms with E-state index in [1.165, 1.54) is 38.9 Å². The number of fused-ring (bicyclic) bond motifs is 9. The molecule has 0 saturated carbocycles. The molecule has 64 heavy (non-hydrogen) atoms. The predicted octanol–water partition coefficient (Wildman–Crippen LogP) is 16.0. The Morgan fingerprint density at radius 1 is 0.406 bits per heavy atom. The van der Waals surface area contributed by atoms with E-state index in [2.05, 4.69) is 211 Å². The lowest BCUT2D eigenvalue weighted by atomic mass is 9.67. The lowest BCUT2D eigenvalue weighted by molar-refractivity contribution is 0.619. The normalized spacial score (nSPS) is 12.8. The van der Waals surface area contributed by atoms with E-state index < -0.39 is 5.41 Å². The molecule has 0 saturated heterocycles. The average Bonchev–Trinajstić information content (AvgIpc) is 4.06. The van der Waals surface area contributed by atoms with Crippen molar-refractivity contribution >= 4 is 60.9 Å². The van der Waals surface area contributed by atoms with Crippen LogP contribution in [0.25, 0.3) is 77.5 Å². The van der Waals surface area contributed by atoms with Crippen LogP contribution in [0.2, 0.25) is 0 Å². The number of oxazole rings is 1. The summed E-state index contributed by atoms with van der Waals surface area (Å²) in [6, 6.07) is 82.5. The maximum Gasteiger partial charge on any atom is 0.227 e. The Bertz CT molecular complexity index is 3650. The number of para-hydroxylation sites is 2. The van der Waals surface area contributed by atoms with Crippen LogP contribution in [0.5, 0.6) is 0 Å². The van der Waals surface area contributed by atoms with Crippen molar-refractivity contribution in [1.82, 2.24) is 4.98 Å². The summed E-state index contributed by atoms with van der Waals surface area (Å²) in [4.78, 5) is 7.22. The molecule has 0 N–H and O–H groups in total. The molecule has 1 aliphatic rings. The number of hydrogen-bond donors (Lipinski definition) is 0. The molecule has 1 aliphatic carbocycles. The van der Waals surface area contributed by atoms with Crippen LogP contribution in [0.4, 0.5) is 17.1 Å². The highest BCUT2D eigenvalue weighted by atomic mass is 16.3. The summed E-state index contributed by atoms with van der Waals surface area (Å²) >= 11 is 0. The third-order valence-electron chi connectivity index (χ3n) is 13.2. The van der Waals surface area contributed by atoms with Crippen molar-refractivity contribution in [3.05, 3.63) is 253 Å². The quantitative estimate of drug-likeness (QED) is 0.161. The molecule has 0 amide bonds. The van der Waals surface area contributed by atoms with E-state index in [0.717, 1.165) is 72.0 Å². The zero-order valence-corrected chi connectivity index (χ0v) is 34.7. The van der Waals surface area contributed by atoms with Crippen molar-refractivity contribution in [2.24, 2.45) is 0 Å². The van der Waals surface area contributed by atoms with Crippen LogP contribution in [0, 0.1) is 0 Å². The second-order valence-electron chi connectivity index (χ2n) is 16.6. The Balaban J connectivity index is 1.08. The second-order valence-corrected chi connectivity index (χ2v) is 16.6. The minimum Gasteiger partial charge on any atom is -0.454 e. The molecule has 0 aliphatic heterocycles. The molecule has 0 atom stereocenters. The predicted molar refractivity (Wildman–Crippen MR) is 262 cm³/mol. The summed E-state index contributed by atoms with van der Waals surface area (Å²) in [5, 5.41) is 4.35. The van der Waals surface area contributed by atoms with Crippen LogP contribution in [-0.2, 0) is 5.41 Å². The highest BCUT2D eigenvalue weighted by molar-refractivity contribution is 6.23. The van der Waals surface area contributed by atoms with Crippen LogP contribution < -0.4 is 4.90 Å². The Kier molecular flexibility index (Phi) is 8.09. The van der Waals surface area contributed by atoms with Crippen LogP contribution in [0.15, 0.2) is 239 Å². The van der Waals surface area contributed by atoms with Gasteiger partial charge in [0.25, 0.3) is 0 Å². The van der Waals surface area contributed by atoms with Crippen molar-refractivity contribution in [2.75, 3.05) is 4.90 Å². The lowest BCUT2D eigenvalue weighted by Gasteiger charge is -2.35. The average molecular weight is 819 g/mol. The first kappa shape index (κ1) is 36.2. The van der Waals surface area contributed by atoms with Gasteiger partial charge >= 0.3 is 0 Å². The van der Waals surface area contributed by atoms with Crippen molar-refractivity contribution < 1.29 is 8.83 Å². The molecule has 0 spiro atoms. The first-order valence-electron chi connectivity index (χ1n) is 21.8. The standard InChI is InChI=1S/C60H38N2O2/c1-4-16-39(17-5-1)40-28-31-45(32-29-40)62(46-33-35-49-48-24-12-13-25-51(48)60(52(49)38-46,43-19-6-2-7-20-43)44-21-8-3-9-22-44)54-36-41-18-10-11-23-47(41)57-50-34-30-42(37-56(50)63-58(54)57)59-61-53-26-14-15-27-55(53)64-59/h1-38H. The summed E-state index contributed by atoms with van der Waals surface area (Å²) < 4.78 is 13.4. The zero-order valence-electron chi connectivity index (χ0n) is 34.7. The minimum absolute atomic E-state index is 0.563. The highest BCUT2D eigenvalue weighted by Crippen LogP contribution is 2.57. The molecule has 300 valence electrons. The first-order chi connectivity index (χ1) is 31.7. The maximum atomic E-state index is 7.16. The van der Waals surface area contributed by atoms with E-state index in [9.17, 15) is 0 Å². The summed E-state index contributed by atoms with van der Waals surface area (Å²) in [6.45, 7) is 0. The van der Waals surface area contributed by atoms with Gasteiger partial charge in [0.05, 0.1) is 11.1 Å². The Hall–Kier alpha value is -8.47. The highest BCUT2D eigenvalue weighted by Gasteiger charge is 2.46. The molecule has 0 radical (unpaired) electrons. The van der Waals surface area contributed by atoms with E-state index in [1.807, 2.05) is 24.3 Å². The largest absolute Gasteiger partial charge is 0.454 e. The number of benzene rings is 10.